The second-order valence-corrected chi connectivity index (χ2v) is 21.1. The van der Waals surface area contributed by atoms with Crippen molar-refractivity contribution in [3.63, 3.8) is 0 Å². The van der Waals surface area contributed by atoms with Crippen molar-refractivity contribution < 1.29 is 25.4 Å². The van der Waals surface area contributed by atoms with Crippen LogP contribution in [-0.2, 0) is 28.0 Å². The number of aliphatic imine (C=N–C) groups is 2. The number of rotatable bonds is 14. The topological polar surface area (TPSA) is 65.2 Å². The molecule has 0 amide bonds. The summed E-state index contributed by atoms with van der Waals surface area (Å²) in [5.41, 5.74) is 4.69. The van der Waals surface area contributed by atoms with E-state index in [1.807, 2.05) is 36.7 Å². The van der Waals surface area contributed by atoms with Crippen molar-refractivity contribution in [2.45, 2.75) is 12.8 Å². The molecule has 0 fully saturated rings. The number of halogens is 2. The molecule has 4 nitrogen and oxygen atoms in total. The fourth-order valence-electron chi connectivity index (χ4n) is 6.80. The van der Waals surface area contributed by atoms with Crippen molar-refractivity contribution in [3.8, 4) is 11.5 Å². The van der Waals surface area contributed by atoms with Crippen LogP contribution in [0, 0.1) is 0 Å². The standard InChI is InChI=1S/2C27H24NOP.2ClH.Ru/c2*29-24-17-15-22(16-18-24)19-20-28-21-23-9-7-8-14-27(23)30(25-10-3-1-4-11-25)26-12-5-2-6-13-26;;;/h2*1-18,21,29H,19-20H2;2*1H;/q;;;;+2/p-2. The van der Waals surface area contributed by atoms with Crippen LogP contribution in [-0.4, -0.2) is 35.7 Å². The monoisotopic (exact) mass is 990 g/mol. The van der Waals surface area contributed by atoms with E-state index in [9.17, 15) is 10.2 Å². The van der Waals surface area contributed by atoms with Crippen molar-refractivity contribution in [1.82, 2.24) is 0 Å². The Bertz CT molecular complexity index is 2330. The van der Waals surface area contributed by atoms with Gasteiger partial charge < -0.3 is 10.2 Å². The number of phenols is 2. The van der Waals surface area contributed by atoms with Crippen molar-refractivity contribution in [1.29, 1.82) is 0 Å². The Hall–Kier alpha value is -5.24. The van der Waals surface area contributed by atoms with Crippen LogP contribution >= 0.6 is 35.2 Å². The molecule has 318 valence electrons. The second-order valence-electron chi connectivity index (χ2n) is 14.1. The molecular formula is C54H48Cl2N2O2P2Ru. The van der Waals surface area contributed by atoms with Gasteiger partial charge >= 0.3 is 34.5 Å². The van der Waals surface area contributed by atoms with Gasteiger partial charge in [-0.25, -0.2) is 0 Å². The third-order valence-corrected chi connectivity index (χ3v) is 14.8. The molecule has 0 heterocycles. The van der Waals surface area contributed by atoms with E-state index in [0.717, 1.165) is 12.8 Å². The predicted octanol–water partition coefficient (Wildman–Crippen LogP) is 11.0. The molecule has 0 aliphatic heterocycles. The molecule has 0 aliphatic rings. The van der Waals surface area contributed by atoms with Gasteiger partial charge in [-0.2, -0.15) is 0 Å². The molecule has 8 aromatic rings. The first kappa shape index (κ1) is 47.2. The van der Waals surface area contributed by atoms with E-state index >= 15 is 0 Å². The van der Waals surface area contributed by atoms with Gasteiger partial charge in [0, 0.05) is 36.6 Å². The molecule has 0 spiro atoms. The first-order chi connectivity index (χ1) is 31.0. The van der Waals surface area contributed by atoms with Gasteiger partial charge in [0.25, 0.3) is 0 Å². The zero-order valence-corrected chi connectivity index (χ0v) is 39.6. The Morgan fingerprint density at radius 1 is 0.381 bits per heavy atom. The number of phenolic OH excluding ortho intramolecular Hbond substituents is 2. The SMILES string of the molecule is Oc1ccc(CCN=Cc2ccccc2P(c2ccccc2)c2ccccc2)cc1.Oc1ccc(CCN=Cc2ccccc2P(c2ccccc2)c2ccccc2)cc1.[Cl][Ru][Cl]. The van der Waals surface area contributed by atoms with Crippen LogP contribution in [0.25, 0.3) is 0 Å². The molecule has 0 aromatic heterocycles. The number of hydrogen-bond donors (Lipinski definition) is 2. The maximum atomic E-state index is 9.42. The van der Waals surface area contributed by atoms with Crippen LogP contribution in [0.3, 0.4) is 0 Å². The second kappa shape index (κ2) is 26.4. The molecular weight excluding hydrogens is 943 g/mol. The normalized spacial score (nSPS) is 11.0. The van der Waals surface area contributed by atoms with Crippen molar-refractivity contribution >= 4 is 79.5 Å². The third kappa shape index (κ3) is 14.9. The summed E-state index contributed by atoms with van der Waals surface area (Å²) >= 11 is -0.346. The van der Waals surface area contributed by atoms with E-state index in [4.69, 9.17) is 29.4 Å². The van der Waals surface area contributed by atoms with E-state index in [0.29, 0.717) is 24.6 Å². The van der Waals surface area contributed by atoms with Crippen molar-refractivity contribution in [2.24, 2.45) is 9.98 Å². The van der Waals surface area contributed by atoms with E-state index in [1.54, 1.807) is 24.3 Å². The molecule has 2 N–H and O–H groups in total. The molecule has 8 aromatic carbocycles. The minimum absolute atomic E-state index is 0.298. The number of hydrogen-bond acceptors (Lipinski definition) is 4. The molecule has 0 unspecified atom stereocenters. The summed E-state index contributed by atoms with van der Waals surface area (Å²) in [5, 5.41) is 26.8. The van der Waals surface area contributed by atoms with Gasteiger partial charge in [0.15, 0.2) is 0 Å². The van der Waals surface area contributed by atoms with E-state index in [2.05, 4.69) is 170 Å². The van der Waals surface area contributed by atoms with Crippen LogP contribution < -0.4 is 31.8 Å². The van der Waals surface area contributed by atoms with Gasteiger partial charge in [-0.15, -0.1) is 0 Å². The Morgan fingerprint density at radius 3 is 0.952 bits per heavy atom. The third-order valence-electron chi connectivity index (χ3n) is 9.81. The predicted molar refractivity (Wildman–Crippen MR) is 271 cm³/mol. The van der Waals surface area contributed by atoms with Crippen LogP contribution in [0.2, 0.25) is 0 Å². The Morgan fingerprint density at radius 2 is 0.651 bits per heavy atom. The van der Waals surface area contributed by atoms with Crippen LogP contribution in [0.15, 0.2) is 228 Å². The number of nitrogens with zero attached hydrogens (tertiary/aromatic N) is 2. The molecule has 0 atom stereocenters. The molecule has 0 saturated carbocycles. The fraction of sp³-hybridized carbons (Fsp3) is 0.0741. The molecule has 0 radical (unpaired) electrons. The van der Waals surface area contributed by atoms with E-state index < -0.39 is 15.8 Å². The number of benzene rings is 8. The summed E-state index contributed by atoms with van der Waals surface area (Å²) in [4.78, 5) is 9.43. The van der Waals surface area contributed by atoms with Gasteiger partial charge in [-0.3, -0.25) is 9.98 Å². The molecule has 9 heteroatoms. The fourth-order valence-corrected chi connectivity index (χ4v) is 11.6. The van der Waals surface area contributed by atoms with Gasteiger partial charge in [0.2, 0.25) is 0 Å². The van der Waals surface area contributed by atoms with E-state index in [1.165, 1.54) is 54.1 Å². The van der Waals surface area contributed by atoms with Crippen LogP contribution in [0.4, 0.5) is 0 Å². The van der Waals surface area contributed by atoms with Crippen LogP contribution in [0.5, 0.6) is 11.5 Å². The Kier molecular flexibility index (Phi) is 19.8. The summed E-state index contributed by atoms with van der Waals surface area (Å²) < 4.78 is 0. The Balaban J connectivity index is 0.000000198. The summed E-state index contributed by atoms with van der Waals surface area (Å²) in [5.74, 6) is 0.595. The zero-order chi connectivity index (χ0) is 43.9. The van der Waals surface area contributed by atoms with Crippen LogP contribution in [0.1, 0.15) is 22.3 Å². The summed E-state index contributed by atoms with van der Waals surface area (Å²) in [6.07, 6.45) is 5.73. The molecule has 0 bridgehead atoms. The average Bonchev–Trinajstić information content (AvgIpc) is 3.33. The average molecular weight is 991 g/mol. The molecule has 0 aliphatic carbocycles. The number of aromatic hydroxyl groups is 2. The van der Waals surface area contributed by atoms with Crippen molar-refractivity contribution in [2.75, 3.05) is 13.1 Å². The molecule has 63 heavy (non-hydrogen) atoms. The van der Waals surface area contributed by atoms with Gasteiger partial charge in [-0.1, -0.05) is 194 Å². The Labute approximate surface area is 390 Å². The first-order valence-corrected chi connectivity index (χ1v) is 27.6. The van der Waals surface area contributed by atoms with Gasteiger partial charge in [0.05, 0.1) is 0 Å². The summed E-state index contributed by atoms with van der Waals surface area (Å²) in [6.45, 7) is 1.43. The van der Waals surface area contributed by atoms with Gasteiger partial charge in [-0.05, 0) is 95.9 Å². The summed E-state index contributed by atoms with van der Waals surface area (Å²) in [6, 6.07) is 74.8. The molecule has 0 saturated heterocycles. The summed E-state index contributed by atoms with van der Waals surface area (Å²) in [7, 11) is 8.40. The first-order valence-electron chi connectivity index (χ1n) is 20.4. The van der Waals surface area contributed by atoms with Crippen molar-refractivity contribution in [3.05, 3.63) is 241 Å². The van der Waals surface area contributed by atoms with Gasteiger partial charge in [0.1, 0.15) is 11.5 Å². The van der Waals surface area contributed by atoms with E-state index in [-0.39, 0.29) is 15.1 Å². The maximum absolute atomic E-state index is 9.42. The quantitative estimate of drug-likeness (QED) is 0.0648. The minimum atomic E-state index is -0.654. The zero-order valence-electron chi connectivity index (χ0n) is 34.6. The molecule has 8 rings (SSSR count).